The van der Waals surface area contributed by atoms with Gasteiger partial charge < -0.3 is 15.0 Å². The third-order valence-corrected chi connectivity index (χ3v) is 5.54. The van der Waals surface area contributed by atoms with Crippen molar-refractivity contribution in [1.82, 2.24) is 4.90 Å². The Labute approximate surface area is 195 Å². The molecule has 1 aliphatic rings. The molecule has 0 aliphatic carbocycles. The first-order valence-corrected chi connectivity index (χ1v) is 11.5. The van der Waals surface area contributed by atoms with Crippen molar-refractivity contribution in [2.75, 3.05) is 36.5 Å². The number of hydrogen-bond donors (Lipinski definition) is 1. The summed E-state index contributed by atoms with van der Waals surface area (Å²) in [6.07, 6.45) is 0.623. The third-order valence-electron chi connectivity index (χ3n) is 5.54. The number of ether oxygens (including phenoxy) is 1. The van der Waals surface area contributed by atoms with Crippen LogP contribution in [-0.2, 0) is 14.3 Å². The second kappa shape index (κ2) is 11.1. The predicted octanol–water partition coefficient (Wildman–Crippen LogP) is 4.68. The summed E-state index contributed by atoms with van der Waals surface area (Å²) in [5.41, 5.74) is 2.73. The van der Waals surface area contributed by atoms with Gasteiger partial charge in [0.05, 0.1) is 11.7 Å². The molecule has 0 spiro atoms. The zero-order valence-electron chi connectivity index (χ0n) is 19.7. The number of anilines is 2. The smallest absolute Gasteiger partial charge is 0.278 e. The largest absolute Gasteiger partial charge is 0.379 e. The van der Waals surface area contributed by atoms with Gasteiger partial charge in [-0.1, -0.05) is 12.1 Å². The molecule has 0 saturated heterocycles. The lowest BCUT2D eigenvalue weighted by Gasteiger charge is -2.21. The number of carbonyl (C=O) groups excluding carboxylic acids is 2. The van der Waals surface area contributed by atoms with Crippen molar-refractivity contribution < 1.29 is 18.7 Å². The molecule has 0 aromatic heterocycles. The number of nitrogens with zero attached hydrogens (tertiary/aromatic N) is 2. The van der Waals surface area contributed by atoms with Gasteiger partial charge in [-0.15, -0.1) is 0 Å². The van der Waals surface area contributed by atoms with Gasteiger partial charge in [-0.05, 0) is 76.1 Å². The first kappa shape index (κ1) is 24.5. The van der Waals surface area contributed by atoms with Crippen LogP contribution in [0.4, 0.5) is 15.8 Å². The maximum atomic E-state index is 13.5. The van der Waals surface area contributed by atoms with E-state index in [0.717, 1.165) is 18.8 Å². The summed E-state index contributed by atoms with van der Waals surface area (Å²) < 4.78 is 19.0. The normalized spacial score (nSPS) is 13.9. The second-order valence-electron chi connectivity index (χ2n) is 8.14. The maximum Gasteiger partial charge on any atom is 0.278 e. The Kier molecular flexibility index (Phi) is 8.22. The van der Waals surface area contributed by atoms with Crippen LogP contribution >= 0.6 is 0 Å². The lowest BCUT2D eigenvalue weighted by molar-refractivity contribution is -0.137. The quantitative estimate of drug-likeness (QED) is 0.395. The molecular formula is C26H32FN3O3. The van der Waals surface area contributed by atoms with E-state index in [4.69, 9.17) is 4.74 Å². The zero-order chi connectivity index (χ0) is 24.0. The van der Waals surface area contributed by atoms with Crippen molar-refractivity contribution in [3.63, 3.8) is 0 Å². The van der Waals surface area contributed by atoms with Crippen LogP contribution in [0.5, 0.6) is 0 Å². The number of amides is 2. The number of rotatable bonds is 11. The van der Waals surface area contributed by atoms with Crippen LogP contribution in [0.2, 0.25) is 0 Å². The SMILES string of the molecule is CCN(CC)c1ccc(NC2=C(c3ccc(F)cc3)C(=O)N(CCCOC(C)C)C2=O)cc1. The average molecular weight is 454 g/mol. The van der Waals surface area contributed by atoms with Gasteiger partial charge in [-0.2, -0.15) is 0 Å². The van der Waals surface area contributed by atoms with Crippen LogP contribution in [0.15, 0.2) is 54.2 Å². The molecule has 1 heterocycles. The molecule has 0 atom stereocenters. The highest BCUT2D eigenvalue weighted by Gasteiger charge is 2.38. The molecule has 176 valence electrons. The molecule has 2 aromatic carbocycles. The number of carbonyl (C=O) groups is 2. The van der Waals surface area contributed by atoms with Crippen molar-refractivity contribution in [1.29, 1.82) is 0 Å². The summed E-state index contributed by atoms with van der Waals surface area (Å²) in [6, 6.07) is 13.4. The summed E-state index contributed by atoms with van der Waals surface area (Å²) in [5, 5.41) is 3.15. The van der Waals surface area contributed by atoms with Gasteiger partial charge >= 0.3 is 0 Å². The Morgan fingerprint density at radius 1 is 0.970 bits per heavy atom. The fourth-order valence-corrected chi connectivity index (χ4v) is 3.81. The van der Waals surface area contributed by atoms with E-state index in [1.807, 2.05) is 38.1 Å². The minimum atomic E-state index is -0.402. The van der Waals surface area contributed by atoms with Crippen molar-refractivity contribution in [2.24, 2.45) is 0 Å². The highest BCUT2D eigenvalue weighted by atomic mass is 19.1. The molecule has 0 saturated carbocycles. The van der Waals surface area contributed by atoms with E-state index >= 15 is 0 Å². The van der Waals surface area contributed by atoms with Crippen LogP contribution in [0, 0.1) is 5.82 Å². The van der Waals surface area contributed by atoms with E-state index in [1.165, 1.54) is 29.2 Å². The molecule has 2 amide bonds. The Morgan fingerprint density at radius 3 is 2.18 bits per heavy atom. The van der Waals surface area contributed by atoms with Crippen LogP contribution in [0.1, 0.15) is 39.7 Å². The summed E-state index contributed by atoms with van der Waals surface area (Å²) in [4.78, 5) is 29.9. The van der Waals surface area contributed by atoms with Gasteiger partial charge in [0.25, 0.3) is 11.8 Å². The van der Waals surface area contributed by atoms with Crippen LogP contribution in [0.25, 0.3) is 5.57 Å². The van der Waals surface area contributed by atoms with Gasteiger partial charge in [0.1, 0.15) is 11.5 Å². The van der Waals surface area contributed by atoms with E-state index in [-0.39, 0.29) is 23.9 Å². The van der Waals surface area contributed by atoms with Gasteiger partial charge in [-0.25, -0.2) is 4.39 Å². The third kappa shape index (κ3) is 5.79. The molecule has 1 N–H and O–H groups in total. The Hall–Kier alpha value is -3.19. The molecule has 3 rings (SSSR count). The standard InChI is InChI=1S/C26H32FN3O3/c1-5-29(6-2)22-14-12-21(13-15-22)28-24-23(19-8-10-20(27)11-9-19)25(31)30(26(24)32)16-7-17-33-18(3)4/h8-15,18,28H,5-7,16-17H2,1-4H3. The van der Waals surface area contributed by atoms with E-state index < -0.39 is 17.6 Å². The second-order valence-corrected chi connectivity index (χ2v) is 8.14. The molecule has 33 heavy (non-hydrogen) atoms. The lowest BCUT2D eigenvalue weighted by atomic mass is 10.0. The minimum absolute atomic E-state index is 0.0828. The molecule has 7 heteroatoms. The summed E-state index contributed by atoms with van der Waals surface area (Å²) in [5.74, 6) is -1.18. The van der Waals surface area contributed by atoms with Gasteiger partial charge in [0.15, 0.2) is 0 Å². The zero-order valence-corrected chi connectivity index (χ0v) is 19.7. The predicted molar refractivity (Wildman–Crippen MR) is 129 cm³/mol. The summed E-state index contributed by atoms with van der Waals surface area (Å²) in [6.45, 7) is 10.6. The fraction of sp³-hybridized carbons (Fsp3) is 0.385. The van der Waals surface area contributed by atoms with E-state index in [1.54, 1.807) is 0 Å². The number of imide groups is 1. The number of nitrogens with one attached hydrogen (secondary N) is 1. The molecule has 1 aliphatic heterocycles. The first-order valence-electron chi connectivity index (χ1n) is 11.5. The average Bonchev–Trinajstić information content (AvgIpc) is 3.03. The van der Waals surface area contributed by atoms with Crippen LogP contribution < -0.4 is 10.2 Å². The highest BCUT2D eigenvalue weighted by Crippen LogP contribution is 2.31. The summed E-state index contributed by atoms with van der Waals surface area (Å²) in [7, 11) is 0. The molecule has 2 aromatic rings. The fourth-order valence-electron chi connectivity index (χ4n) is 3.81. The highest BCUT2D eigenvalue weighted by molar-refractivity contribution is 6.36. The minimum Gasteiger partial charge on any atom is -0.379 e. The van der Waals surface area contributed by atoms with Crippen LogP contribution in [0.3, 0.4) is 0 Å². The van der Waals surface area contributed by atoms with E-state index in [2.05, 4.69) is 24.1 Å². The Bertz CT molecular complexity index is 996. The molecule has 0 bridgehead atoms. The van der Waals surface area contributed by atoms with Crippen molar-refractivity contribution >= 4 is 28.8 Å². The van der Waals surface area contributed by atoms with Crippen molar-refractivity contribution in [3.05, 3.63) is 65.6 Å². The number of halogens is 1. The van der Waals surface area contributed by atoms with E-state index in [0.29, 0.717) is 24.3 Å². The van der Waals surface area contributed by atoms with Crippen molar-refractivity contribution in [3.8, 4) is 0 Å². The molecular weight excluding hydrogens is 421 g/mol. The molecule has 0 unspecified atom stereocenters. The molecule has 6 nitrogen and oxygen atoms in total. The first-order chi connectivity index (χ1) is 15.8. The lowest BCUT2D eigenvalue weighted by Crippen LogP contribution is -2.34. The Morgan fingerprint density at radius 2 is 1.61 bits per heavy atom. The monoisotopic (exact) mass is 453 g/mol. The number of hydrogen-bond acceptors (Lipinski definition) is 5. The maximum absolute atomic E-state index is 13.5. The van der Waals surface area contributed by atoms with Gasteiger partial charge in [0, 0.05) is 37.6 Å². The summed E-state index contributed by atoms with van der Waals surface area (Å²) >= 11 is 0. The number of benzene rings is 2. The van der Waals surface area contributed by atoms with Gasteiger partial charge in [-0.3, -0.25) is 14.5 Å². The molecule has 0 fully saturated rings. The van der Waals surface area contributed by atoms with E-state index in [9.17, 15) is 14.0 Å². The van der Waals surface area contributed by atoms with Crippen LogP contribution in [-0.4, -0.2) is 49.1 Å². The Balaban J connectivity index is 1.87. The van der Waals surface area contributed by atoms with Crippen molar-refractivity contribution in [2.45, 2.75) is 40.2 Å². The van der Waals surface area contributed by atoms with Gasteiger partial charge in [0.2, 0.25) is 0 Å². The topological polar surface area (TPSA) is 61.9 Å². The molecule has 0 radical (unpaired) electrons.